The van der Waals surface area contributed by atoms with Gasteiger partial charge in [0.05, 0.1) is 18.1 Å². The molecule has 84 valence electrons. The van der Waals surface area contributed by atoms with E-state index in [1.165, 1.54) is 0 Å². The zero-order valence-electron chi connectivity index (χ0n) is 8.62. The van der Waals surface area contributed by atoms with Crippen LogP contribution in [0, 0.1) is 17.2 Å². The van der Waals surface area contributed by atoms with Crippen LogP contribution >= 0.6 is 23.2 Å². The Balaban J connectivity index is 2.27. The van der Waals surface area contributed by atoms with Crippen LogP contribution in [0.1, 0.15) is 24.5 Å². The molecule has 2 rings (SSSR count). The molecule has 0 aliphatic carbocycles. The summed E-state index contributed by atoms with van der Waals surface area (Å²) in [4.78, 5) is 0. The van der Waals surface area contributed by atoms with E-state index in [1.807, 2.05) is 0 Å². The molecule has 4 heteroatoms. The summed E-state index contributed by atoms with van der Waals surface area (Å²) in [6.07, 6.45) is 1.30. The summed E-state index contributed by atoms with van der Waals surface area (Å²) < 4.78 is 5.64. The third kappa shape index (κ3) is 2.32. The van der Waals surface area contributed by atoms with Crippen molar-refractivity contribution in [1.82, 2.24) is 0 Å². The Morgan fingerprint density at radius 2 is 2.00 bits per heavy atom. The van der Waals surface area contributed by atoms with Crippen LogP contribution in [0.3, 0.4) is 0 Å². The van der Waals surface area contributed by atoms with Gasteiger partial charge in [0.1, 0.15) is 0 Å². The summed E-state index contributed by atoms with van der Waals surface area (Å²) in [6.45, 7) is 0.588. The highest BCUT2D eigenvalue weighted by Crippen LogP contribution is 2.38. The molecule has 2 atom stereocenters. The van der Waals surface area contributed by atoms with E-state index in [1.54, 1.807) is 18.2 Å². The van der Waals surface area contributed by atoms with Crippen LogP contribution in [0.2, 0.25) is 10.0 Å². The Morgan fingerprint density at radius 1 is 1.31 bits per heavy atom. The quantitative estimate of drug-likeness (QED) is 0.761. The lowest BCUT2D eigenvalue weighted by Gasteiger charge is -2.27. The fraction of sp³-hybridized carbons (Fsp3) is 0.417. The number of rotatable bonds is 1. The molecule has 1 heterocycles. The van der Waals surface area contributed by atoms with Crippen LogP contribution in [-0.2, 0) is 4.74 Å². The zero-order valence-corrected chi connectivity index (χ0v) is 10.1. The highest BCUT2D eigenvalue weighted by atomic mass is 35.5. The highest BCUT2D eigenvalue weighted by molar-refractivity contribution is 6.36. The van der Waals surface area contributed by atoms with Gasteiger partial charge in [-0.15, -0.1) is 0 Å². The first-order chi connectivity index (χ1) is 7.72. The van der Waals surface area contributed by atoms with Gasteiger partial charge in [0, 0.05) is 22.2 Å². The van der Waals surface area contributed by atoms with Crippen molar-refractivity contribution in [3.05, 3.63) is 33.8 Å². The van der Waals surface area contributed by atoms with Crippen molar-refractivity contribution in [2.24, 2.45) is 5.92 Å². The van der Waals surface area contributed by atoms with Crippen LogP contribution in [0.4, 0.5) is 0 Å². The molecular weight excluding hydrogens is 245 g/mol. The number of benzene rings is 1. The van der Waals surface area contributed by atoms with Gasteiger partial charge < -0.3 is 4.74 Å². The second-order valence-corrected chi connectivity index (χ2v) is 4.66. The monoisotopic (exact) mass is 255 g/mol. The largest absolute Gasteiger partial charge is 0.373 e. The Bertz CT molecular complexity index is 407. The zero-order chi connectivity index (χ0) is 11.5. The van der Waals surface area contributed by atoms with Crippen molar-refractivity contribution in [3.8, 4) is 6.07 Å². The van der Waals surface area contributed by atoms with E-state index in [0.29, 0.717) is 23.1 Å². The summed E-state index contributed by atoms with van der Waals surface area (Å²) in [7, 11) is 0. The molecule has 2 unspecified atom stereocenters. The maximum absolute atomic E-state index is 8.92. The second kappa shape index (κ2) is 5.05. The second-order valence-electron chi connectivity index (χ2n) is 3.85. The van der Waals surface area contributed by atoms with Crippen LogP contribution in [0.5, 0.6) is 0 Å². The number of hydrogen-bond donors (Lipinski definition) is 0. The number of nitrogens with zero attached hydrogens (tertiary/aromatic N) is 1. The number of nitriles is 1. The van der Waals surface area contributed by atoms with Crippen molar-refractivity contribution >= 4 is 23.2 Å². The summed E-state index contributed by atoms with van der Waals surface area (Å²) in [5, 5.41) is 10.1. The summed E-state index contributed by atoms with van der Waals surface area (Å²) in [5.41, 5.74) is 0.811. The van der Waals surface area contributed by atoms with E-state index in [0.717, 1.165) is 12.0 Å². The molecule has 0 N–H and O–H groups in total. The molecule has 1 fully saturated rings. The molecule has 0 aromatic heterocycles. The first-order valence-corrected chi connectivity index (χ1v) is 5.93. The third-order valence-corrected chi connectivity index (χ3v) is 3.45. The maximum Gasteiger partial charge on any atom is 0.0866 e. The van der Waals surface area contributed by atoms with Crippen LogP contribution in [-0.4, -0.2) is 6.61 Å². The van der Waals surface area contributed by atoms with Gasteiger partial charge in [0.2, 0.25) is 0 Å². The lowest BCUT2D eigenvalue weighted by molar-refractivity contribution is 0.000833. The number of halogens is 2. The van der Waals surface area contributed by atoms with Gasteiger partial charge in [0.25, 0.3) is 0 Å². The van der Waals surface area contributed by atoms with Crippen LogP contribution in [0.15, 0.2) is 18.2 Å². The lowest BCUT2D eigenvalue weighted by atomic mass is 9.93. The Kier molecular flexibility index (Phi) is 3.70. The molecule has 0 spiro atoms. The Morgan fingerprint density at radius 3 is 2.62 bits per heavy atom. The molecule has 16 heavy (non-hydrogen) atoms. The summed E-state index contributed by atoms with van der Waals surface area (Å²) in [5.74, 6) is 0.0334. The molecule has 1 saturated heterocycles. The predicted molar refractivity (Wildman–Crippen MR) is 63.5 cm³/mol. The fourth-order valence-corrected chi connectivity index (χ4v) is 2.57. The van der Waals surface area contributed by atoms with E-state index in [9.17, 15) is 0 Å². The van der Waals surface area contributed by atoms with E-state index in [4.69, 9.17) is 33.2 Å². The standard InChI is InChI=1S/C12H11Cl2NO/c13-9-2-1-3-10(14)12(9)11-6-8(7-15)4-5-16-11/h1-3,8,11H,4-6H2. The van der Waals surface area contributed by atoms with E-state index < -0.39 is 0 Å². The minimum Gasteiger partial charge on any atom is -0.373 e. The van der Waals surface area contributed by atoms with Crippen molar-refractivity contribution in [3.63, 3.8) is 0 Å². The minimum atomic E-state index is -0.153. The van der Waals surface area contributed by atoms with Gasteiger partial charge in [0.15, 0.2) is 0 Å². The van der Waals surface area contributed by atoms with Crippen LogP contribution in [0.25, 0.3) is 0 Å². The third-order valence-electron chi connectivity index (χ3n) is 2.79. The maximum atomic E-state index is 8.92. The smallest absolute Gasteiger partial charge is 0.0866 e. The van der Waals surface area contributed by atoms with Gasteiger partial charge >= 0.3 is 0 Å². The highest BCUT2D eigenvalue weighted by Gasteiger charge is 2.26. The normalized spacial score (nSPS) is 25.1. The molecular formula is C12H11Cl2NO. The van der Waals surface area contributed by atoms with Gasteiger partial charge in [-0.25, -0.2) is 0 Å². The van der Waals surface area contributed by atoms with Crippen molar-refractivity contribution < 1.29 is 4.74 Å². The molecule has 0 bridgehead atoms. The summed E-state index contributed by atoms with van der Waals surface area (Å²) in [6, 6.07) is 7.67. The molecule has 1 aromatic carbocycles. The molecule has 0 saturated carbocycles. The predicted octanol–water partition coefficient (Wildman–Crippen LogP) is 3.98. The molecule has 1 aliphatic heterocycles. The summed E-state index contributed by atoms with van der Waals surface area (Å²) >= 11 is 12.2. The van der Waals surface area contributed by atoms with Gasteiger partial charge in [-0.1, -0.05) is 29.3 Å². The van der Waals surface area contributed by atoms with Crippen molar-refractivity contribution in [2.45, 2.75) is 18.9 Å². The number of ether oxygens (including phenoxy) is 1. The molecule has 1 aliphatic rings. The molecule has 0 amide bonds. The first-order valence-electron chi connectivity index (χ1n) is 5.17. The molecule has 0 radical (unpaired) electrons. The van der Waals surface area contributed by atoms with Gasteiger partial charge in [-0.05, 0) is 25.0 Å². The molecule has 1 aromatic rings. The first kappa shape index (κ1) is 11.7. The van der Waals surface area contributed by atoms with E-state index >= 15 is 0 Å². The minimum absolute atomic E-state index is 0.0334. The van der Waals surface area contributed by atoms with Gasteiger partial charge in [-0.3, -0.25) is 0 Å². The average Bonchev–Trinajstić information content (AvgIpc) is 2.29. The van der Waals surface area contributed by atoms with Crippen molar-refractivity contribution in [1.29, 1.82) is 5.26 Å². The fourth-order valence-electron chi connectivity index (χ4n) is 1.93. The number of hydrogen-bond acceptors (Lipinski definition) is 2. The average molecular weight is 256 g/mol. The van der Waals surface area contributed by atoms with Crippen LogP contribution < -0.4 is 0 Å². The van der Waals surface area contributed by atoms with Crippen molar-refractivity contribution in [2.75, 3.05) is 6.61 Å². The van der Waals surface area contributed by atoms with E-state index in [2.05, 4.69) is 6.07 Å². The van der Waals surface area contributed by atoms with Gasteiger partial charge in [-0.2, -0.15) is 5.26 Å². The molecule has 2 nitrogen and oxygen atoms in total. The lowest BCUT2D eigenvalue weighted by Crippen LogP contribution is -2.19. The Labute approximate surface area is 105 Å². The SMILES string of the molecule is N#CC1CCOC(c2c(Cl)cccc2Cl)C1. The Hall–Kier alpha value is -0.750. The van der Waals surface area contributed by atoms with E-state index in [-0.39, 0.29) is 12.0 Å². The topological polar surface area (TPSA) is 33.0 Å².